The summed E-state index contributed by atoms with van der Waals surface area (Å²) in [6.07, 6.45) is -0.0526. The molecule has 0 unspecified atom stereocenters. The van der Waals surface area contributed by atoms with Gasteiger partial charge in [-0.2, -0.15) is 0 Å². The summed E-state index contributed by atoms with van der Waals surface area (Å²) in [7, 11) is 0. The van der Waals surface area contributed by atoms with E-state index in [1.807, 2.05) is 30.3 Å². The molecule has 1 heterocycles. The standard InChI is InChI=1S/C15H19FN2O2S.C14H11F3O/c1-21-18-15(19)12-4-11(10-2-3-10)14(5-13(12)16)20-8-9-6-17-7-9;15-14(16,17)18-13-8-6-12(7-9-13)10-11-4-2-1-3-5-11/h4-5,9-10,17H,2-3,6-8H2,1H3,(H,18,19);1-9H,10H2. The first-order valence-electron chi connectivity index (χ1n) is 12.6. The van der Waals surface area contributed by atoms with Crippen LogP contribution in [0.4, 0.5) is 17.6 Å². The van der Waals surface area contributed by atoms with Gasteiger partial charge in [-0.1, -0.05) is 54.4 Å². The van der Waals surface area contributed by atoms with Gasteiger partial charge in [0.15, 0.2) is 0 Å². The lowest BCUT2D eigenvalue weighted by atomic mass is 10.0. The molecule has 0 spiro atoms. The monoisotopic (exact) mass is 562 g/mol. The summed E-state index contributed by atoms with van der Waals surface area (Å²) in [5.74, 6) is 0.395. The van der Waals surface area contributed by atoms with Crippen LogP contribution in [0, 0.1) is 11.7 Å². The molecule has 1 aliphatic heterocycles. The number of ether oxygens (including phenoxy) is 2. The van der Waals surface area contributed by atoms with E-state index >= 15 is 0 Å². The molecule has 39 heavy (non-hydrogen) atoms. The Labute approximate surface area is 229 Å². The van der Waals surface area contributed by atoms with Gasteiger partial charge in [0.2, 0.25) is 0 Å². The predicted molar refractivity (Wildman–Crippen MR) is 144 cm³/mol. The Morgan fingerprint density at radius 3 is 2.26 bits per heavy atom. The van der Waals surface area contributed by atoms with E-state index in [1.54, 1.807) is 24.5 Å². The highest BCUT2D eigenvalue weighted by molar-refractivity contribution is 7.97. The molecule has 0 aromatic heterocycles. The van der Waals surface area contributed by atoms with E-state index in [2.05, 4.69) is 14.8 Å². The third-order valence-electron chi connectivity index (χ3n) is 6.30. The summed E-state index contributed by atoms with van der Waals surface area (Å²) in [5.41, 5.74) is 3.12. The van der Waals surface area contributed by atoms with Crippen LogP contribution in [0.15, 0.2) is 66.7 Å². The van der Waals surface area contributed by atoms with Crippen molar-refractivity contribution >= 4 is 17.9 Å². The van der Waals surface area contributed by atoms with Gasteiger partial charge in [0, 0.05) is 31.3 Å². The number of hydrogen-bond acceptors (Lipinski definition) is 5. The molecule has 0 atom stereocenters. The predicted octanol–water partition coefficient (Wildman–Crippen LogP) is 6.49. The first-order chi connectivity index (χ1) is 18.7. The van der Waals surface area contributed by atoms with E-state index in [4.69, 9.17) is 4.74 Å². The number of carbonyl (C=O) groups excluding carboxylic acids is 1. The molecule has 10 heteroatoms. The fourth-order valence-electron chi connectivity index (χ4n) is 4.05. The average Bonchev–Trinajstić information content (AvgIpc) is 3.70. The van der Waals surface area contributed by atoms with Crippen LogP contribution in [0.1, 0.15) is 45.8 Å². The molecule has 2 aliphatic rings. The highest BCUT2D eigenvalue weighted by atomic mass is 32.2. The fourth-order valence-corrected chi connectivity index (χ4v) is 4.34. The van der Waals surface area contributed by atoms with Crippen LogP contribution in [0.25, 0.3) is 0 Å². The number of hydrogen-bond donors (Lipinski definition) is 2. The maximum absolute atomic E-state index is 14.1. The number of amides is 1. The third kappa shape index (κ3) is 8.90. The third-order valence-corrected chi connectivity index (χ3v) is 6.69. The summed E-state index contributed by atoms with van der Waals surface area (Å²) in [6.45, 7) is 2.51. The van der Waals surface area contributed by atoms with Gasteiger partial charge in [0.1, 0.15) is 17.3 Å². The first kappa shape index (κ1) is 28.8. The van der Waals surface area contributed by atoms with Crippen LogP contribution in [0.5, 0.6) is 11.5 Å². The Hall–Kier alpha value is -3.24. The zero-order chi connectivity index (χ0) is 27.8. The number of rotatable bonds is 9. The van der Waals surface area contributed by atoms with Gasteiger partial charge in [-0.05, 0) is 60.1 Å². The Balaban J connectivity index is 0.000000183. The van der Waals surface area contributed by atoms with Crippen LogP contribution in [-0.2, 0) is 6.42 Å². The summed E-state index contributed by atoms with van der Waals surface area (Å²) in [5, 5.41) is 3.19. The average molecular weight is 563 g/mol. The summed E-state index contributed by atoms with van der Waals surface area (Å²) < 4.78 is 62.2. The Morgan fingerprint density at radius 2 is 1.69 bits per heavy atom. The molecule has 5 nitrogen and oxygen atoms in total. The molecule has 3 aromatic carbocycles. The van der Waals surface area contributed by atoms with Gasteiger partial charge in [0.25, 0.3) is 5.91 Å². The Kier molecular flexibility index (Phi) is 9.74. The number of nitrogens with one attached hydrogen (secondary N) is 2. The van der Waals surface area contributed by atoms with Crippen LogP contribution in [0.2, 0.25) is 0 Å². The zero-order valence-corrected chi connectivity index (χ0v) is 22.2. The zero-order valence-electron chi connectivity index (χ0n) is 21.4. The summed E-state index contributed by atoms with van der Waals surface area (Å²) in [6, 6.07) is 18.7. The second kappa shape index (κ2) is 13.2. The smallest absolute Gasteiger partial charge is 0.493 e. The number of halogens is 4. The van der Waals surface area contributed by atoms with Crippen molar-refractivity contribution in [2.45, 2.75) is 31.5 Å². The van der Waals surface area contributed by atoms with Gasteiger partial charge < -0.3 is 14.8 Å². The normalized spacial score (nSPS) is 15.0. The maximum atomic E-state index is 14.1. The molecule has 0 bridgehead atoms. The molecular weight excluding hydrogens is 532 g/mol. The minimum Gasteiger partial charge on any atom is -0.493 e. The van der Waals surface area contributed by atoms with Crippen LogP contribution in [-0.4, -0.2) is 38.2 Å². The van der Waals surface area contributed by atoms with E-state index in [0.717, 1.165) is 42.6 Å². The molecule has 1 saturated carbocycles. The summed E-state index contributed by atoms with van der Waals surface area (Å²) in [4.78, 5) is 11.9. The van der Waals surface area contributed by atoms with Crippen molar-refractivity contribution in [2.24, 2.45) is 5.92 Å². The van der Waals surface area contributed by atoms with Gasteiger partial charge in [0.05, 0.1) is 12.2 Å². The Bertz CT molecular complexity index is 1230. The van der Waals surface area contributed by atoms with Crippen LogP contribution in [0.3, 0.4) is 0 Å². The van der Waals surface area contributed by atoms with Crippen molar-refractivity contribution in [3.63, 3.8) is 0 Å². The lowest BCUT2D eigenvalue weighted by molar-refractivity contribution is -0.274. The Morgan fingerprint density at radius 1 is 1.03 bits per heavy atom. The van der Waals surface area contributed by atoms with Gasteiger partial charge in [-0.3, -0.25) is 9.52 Å². The minimum absolute atomic E-state index is 0.101. The molecule has 1 aliphatic carbocycles. The highest BCUT2D eigenvalue weighted by Crippen LogP contribution is 2.45. The second-order valence-electron chi connectivity index (χ2n) is 9.47. The van der Waals surface area contributed by atoms with Crippen LogP contribution >= 0.6 is 11.9 Å². The fraction of sp³-hybridized carbons (Fsp3) is 0.345. The number of carbonyl (C=O) groups is 1. The van der Waals surface area contributed by atoms with Crippen molar-refractivity contribution in [1.29, 1.82) is 0 Å². The molecule has 208 valence electrons. The van der Waals surface area contributed by atoms with Crippen molar-refractivity contribution in [1.82, 2.24) is 10.0 Å². The van der Waals surface area contributed by atoms with Gasteiger partial charge in [-0.25, -0.2) is 4.39 Å². The highest BCUT2D eigenvalue weighted by Gasteiger charge is 2.31. The van der Waals surface area contributed by atoms with E-state index in [1.165, 1.54) is 30.1 Å². The van der Waals surface area contributed by atoms with Crippen molar-refractivity contribution < 1.29 is 31.8 Å². The lowest BCUT2D eigenvalue weighted by Gasteiger charge is -2.27. The van der Waals surface area contributed by atoms with E-state index < -0.39 is 18.1 Å². The molecular formula is C29H30F4N2O3S. The SMILES string of the molecule is CSNC(=O)c1cc(C2CC2)c(OCC2CNC2)cc1F.FC(F)(F)Oc1ccc(Cc2ccccc2)cc1. The number of benzene rings is 3. The quantitative estimate of drug-likeness (QED) is 0.231. The van der Waals surface area contributed by atoms with Crippen molar-refractivity contribution in [3.8, 4) is 11.5 Å². The van der Waals surface area contributed by atoms with E-state index in [0.29, 0.717) is 30.6 Å². The van der Waals surface area contributed by atoms with E-state index in [-0.39, 0.29) is 11.3 Å². The molecule has 2 fully saturated rings. The first-order valence-corrected chi connectivity index (χ1v) is 13.8. The molecule has 5 rings (SSSR count). The van der Waals surface area contributed by atoms with Crippen molar-refractivity contribution in [2.75, 3.05) is 26.0 Å². The molecule has 3 aromatic rings. The lowest BCUT2D eigenvalue weighted by Crippen LogP contribution is -2.45. The topological polar surface area (TPSA) is 59.6 Å². The van der Waals surface area contributed by atoms with Crippen molar-refractivity contribution in [3.05, 3.63) is 94.8 Å². The maximum Gasteiger partial charge on any atom is 0.573 e. The minimum atomic E-state index is -4.64. The molecule has 1 saturated heterocycles. The number of alkyl halides is 3. The molecule has 1 amide bonds. The second-order valence-corrected chi connectivity index (χ2v) is 10.1. The molecule has 2 N–H and O–H groups in total. The largest absolute Gasteiger partial charge is 0.573 e. The van der Waals surface area contributed by atoms with Gasteiger partial charge >= 0.3 is 6.36 Å². The summed E-state index contributed by atoms with van der Waals surface area (Å²) >= 11 is 1.17. The van der Waals surface area contributed by atoms with Crippen LogP contribution < -0.4 is 19.5 Å². The van der Waals surface area contributed by atoms with Gasteiger partial charge in [-0.15, -0.1) is 13.2 Å². The molecule has 0 radical (unpaired) electrons. The van der Waals surface area contributed by atoms with E-state index in [9.17, 15) is 22.4 Å².